The number of nitrogens with one attached hydrogen (secondary N) is 1. The van der Waals surface area contributed by atoms with Crippen molar-refractivity contribution in [3.05, 3.63) is 74.8 Å². The molecule has 1 fully saturated rings. The van der Waals surface area contributed by atoms with Crippen molar-refractivity contribution >= 4 is 40.4 Å². The molecule has 0 aliphatic carbocycles. The maximum atomic E-state index is 13.8. The quantitative estimate of drug-likeness (QED) is 0.545. The zero-order chi connectivity index (χ0) is 23.8. The maximum absolute atomic E-state index is 13.8. The number of fused-ring (bicyclic) bond motifs is 1. The Balaban J connectivity index is 1.74. The van der Waals surface area contributed by atoms with Crippen molar-refractivity contribution in [2.75, 3.05) is 13.3 Å². The smallest absolute Gasteiger partial charge is 0.408 e. The first kappa shape index (κ1) is 22.4. The second kappa shape index (κ2) is 9.11. The fourth-order valence-corrected chi connectivity index (χ4v) is 4.80. The van der Waals surface area contributed by atoms with Gasteiger partial charge >= 0.3 is 12.6 Å². The second-order valence-electron chi connectivity index (χ2n) is 7.33. The summed E-state index contributed by atoms with van der Waals surface area (Å²) >= 11 is 7.76. The highest BCUT2D eigenvalue weighted by atomic mass is 35.5. The van der Waals surface area contributed by atoms with E-state index in [0.29, 0.717) is 32.4 Å². The molecule has 13 heteroatoms. The molecular weight excluding hydrogens is 493 g/mol. The van der Waals surface area contributed by atoms with Gasteiger partial charge in [-0.15, -0.1) is 11.3 Å². The number of amides is 1. The highest BCUT2D eigenvalue weighted by Gasteiger charge is 2.36. The molecule has 5 rings (SSSR count). The summed E-state index contributed by atoms with van der Waals surface area (Å²) in [5.41, 5.74) is 1.86. The number of amidine groups is 1. The van der Waals surface area contributed by atoms with Gasteiger partial charge in [-0.3, -0.25) is 4.99 Å². The van der Waals surface area contributed by atoms with E-state index in [4.69, 9.17) is 21.3 Å². The summed E-state index contributed by atoms with van der Waals surface area (Å²) in [4.78, 5) is 22.9. The Hall–Kier alpha value is -3.38. The number of ether oxygens (including phenoxy) is 1. The molecule has 0 saturated carbocycles. The molecule has 3 aromatic rings. The molecule has 2 aliphatic heterocycles. The molecule has 176 valence electrons. The van der Waals surface area contributed by atoms with E-state index < -0.39 is 24.5 Å². The van der Waals surface area contributed by atoms with Crippen LogP contribution >= 0.6 is 22.9 Å². The molecule has 0 radical (unpaired) electrons. The third kappa shape index (κ3) is 4.14. The molecule has 0 spiro atoms. The number of alkyl halides is 2. The molecule has 1 amide bonds. The number of carbonyl (C=O) groups is 1. The van der Waals surface area contributed by atoms with Crippen molar-refractivity contribution in [3.8, 4) is 0 Å². The highest BCUT2D eigenvalue weighted by Crippen LogP contribution is 2.44. The zero-order valence-corrected chi connectivity index (χ0v) is 18.9. The molecule has 1 atom stereocenters. The van der Waals surface area contributed by atoms with E-state index in [2.05, 4.69) is 15.4 Å². The Labute approximate surface area is 200 Å². The van der Waals surface area contributed by atoms with Crippen LogP contribution < -0.4 is 5.32 Å². The van der Waals surface area contributed by atoms with E-state index in [9.17, 15) is 18.0 Å². The van der Waals surface area contributed by atoms with E-state index in [1.54, 1.807) is 16.5 Å². The number of halogens is 4. The molecule has 4 heterocycles. The number of hydrogen-bond acceptors (Lipinski definition) is 7. The number of hydrogen-bond donors (Lipinski definition) is 1. The lowest BCUT2D eigenvalue weighted by molar-refractivity contribution is 0.0564. The highest BCUT2D eigenvalue weighted by molar-refractivity contribution is 7.11. The summed E-state index contributed by atoms with van der Waals surface area (Å²) in [6.07, 6.45) is 2.45. The van der Waals surface area contributed by atoms with Gasteiger partial charge in [-0.05, 0) is 18.2 Å². The Bertz CT molecular complexity index is 1290. The van der Waals surface area contributed by atoms with Gasteiger partial charge in [0, 0.05) is 46.1 Å². The lowest BCUT2D eigenvalue weighted by Gasteiger charge is -2.37. The van der Waals surface area contributed by atoms with Crippen molar-refractivity contribution in [1.82, 2.24) is 25.0 Å². The molecule has 8 nitrogen and oxygen atoms in total. The third-order valence-electron chi connectivity index (χ3n) is 5.34. The average Bonchev–Trinajstić information content (AvgIpc) is 3.48. The van der Waals surface area contributed by atoms with Crippen molar-refractivity contribution in [3.63, 3.8) is 0 Å². The number of nitrogens with zero attached hydrogens (tertiary/aromatic N) is 5. The largest absolute Gasteiger partial charge is 0.449 e. The van der Waals surface area contributed by atoms with Gasteiger partial charge < -0.3 is 15.0 Å². The topological polar surface area (TPSA) is 84.6 Å². The van der Waals surface area contributed by atoms with Crippen LogP contribution in [-0.2, 0) is 4.74 Å². The number of aliphatic imine (C=N–C) groups is 1. The summed E-state index contributed by atoms with van der Waals surface area (Å²) < 4.78 is 46.2. The van der Waals surface area contributed by atoms with Crippen molar-refractivity contribution in [1.29, 1.82) is 0 Å². The Morgan fingerprint density at radius 2 is 2.15 bits per heavy atom. The molecular formula is C21H16ClF3N6O2S. The van der Waals surface area contributed by atoms with Gasteiger partial charge in [0.1, 0.15) is 11.9 Å². The van der Waals surface area contributed by atoms with E-state index in [1.807, 2.05) is 0 Å². The van der Waals surface area contributed by atoms with Crippen LogP contribution in [0.4, 0.5) is 18.0 Å². The Kier molecular flexibility index (Phi) is 6.00. The van der Waals surface area contributed by atoms with E-state index in [1.165, 1.54) is 41.8 Å². The minimum atomic E-state index is -2.83. The summed E-state index contributed by atoms with van der Waals surface area (Å²) in [6.45, 7) is -2.79. The Morgan fingerprint density at radius 3 is 2.85 bits per heavy atom. The second-order valence-corrected chi connectivity index (χ2v) is 8.63. The summed E-state index contributed by atoms with van der Waals surface area (Å²) in [7, 11) is 0. The number of cyclic esters (lactones) is 1. The minimum Gasteiger partial charge on any atom is -0.449 e. The van der Waals surface area contributed by atoms with Crippen LogP contribution in [-0.4, -0.2) is 44.9 Å². The summed E-state index contributed by atoms with van der Waals surface area (Å²) in [5.74, 6) is -0.0665. The maximum Gasteiger partial charge on any atom is 0.408 e. The number of rotatable bonds is 4. The Morgan fingerprint density at radius 1 is 1.29 bits per heavy atom. The molecule has 0 unspecified atom stereocenters. The normalized spacial score (nSPS) is 18.7. The molecule has 2 aliphatic rings. The summed E-state index contributed by atoms with van der Waals surface area (Å²) in [5, 5.41) is 9.20. The van der Waals surface area contributed by atoms with Gasteiger partial charge in [0.25, 0.3) is 0 Å². The standard InChI is InChI=1S/C21H16ClF3N6O2S/c22-13-9-11(23)1-2-12(13)17-16(14-3-6-31(29-14)20(24)25)15-4-7-33-21(32)27-10-30(15)18(28-17)19-26-5-8-34-19/h1-3,5-6,8-9,17,20H,4,7,10H2,(H,27,32)/t17-/m0/s1. The summed E-state index contributed by atoms with van der Waals surface area (Å²) in [6, 6.07) is 4.60. The lowest BCUT2D eigenvalue weighted by Crippen LogP contribution is -2.45. The van der Waals surface area contributed by atoms with Crippen LogP contribution in [0.1, 0.15) is 35.3 Å². The van der Waals surface area contributed by atoms with E-state index in [0.717, 1.165) is 0 Å². The van der Waals surface area contributed by atoms with Crippen molar-refractivity contribution in [2.45, 2.75) is 19.0 Å². The van der Waals surface area contributed by atoms with Crippen LogP contribution in [0.5, 0.6) is 0 Å². The number of alkyl carbamates (subject to hydrolysis) is 1. The average molecular weight is 509 g/mol. The van der Waals surface area contributed by atoms with Gasteiger partial charge in [0.05, 0.1) is 19.0 Å². The van der Waals surface area contributed by atoms with E-state index >= 15 is 0 Å². The first-order valence-electron chi connectivity index (χ1n) is 10.1. The van der Waals surface area contributed by atoms with Gasteiger partial charge in [0.15, 0.2) is 10.8 Å². The van der Waals surface area contributed by atoms with Crippen LogP contribution in [0.15, 0.2) is 52.7 Å². The predicted octanol–water partition coefficient (Wildman–Crippen LogP) is 4.83. The van der Waals surface area contributed by atoms with Crippen molar-refractivity contribution in [2.24, 2.45) is 4.99 Å². The van der Waals surface area contributed by atoms with Crippen LogP contribution in [0.25, 0.3) is 5.57 Å². The van der Waals surface area contributed by atoms with E-state index in [-0.39, 0.29) is 30.4 Å². The number of carbonyl (C=O) groups excluding carboxylic acids is 1. The first-order chi connectivity index (χ1) is 16.4. The van der Waals surface area contributed by atoms with Crippen LogP contribution in [0.2, 0.25) is 5.02 Å². The molecule has 1 saturated heterocycles. The number of benzene rings is 1. The van der Waals surface area contributed by atoms with Crippen LogP contribution in [0.3, 0.4) is 0 Å². The van der Waals surface area contributed by atoms with Gasteiger partial charge in [-0.25, -0.2) is 18.9 Å². The minimum absolute atomic E-state index is 0.00943. The van der Waals surface area contributed by atoms with Gasteiger partial charge in [-0.1, -0.05) is 17.7 Å². The third-order valence-corrected chi connectivity index (χ3v) is 6.43. The SMILES string of the molecule is O=C1NCN2C(c3nccs3)=N[C@@H](c3ccc(F)cc3Cl)C(c3ccn(C(F)F)n3)=C2CCO1. The predicted molar refractivity (Wildman–Crippen MR) is 119 cm³/mol. The fraction of sp³-hybridized carbons (Fsp3) is 0.238. The van der Waals surface area contributed by atoms with Gasteiger partial charge in [-0.2, -0.15) is 13.9 Å². The molecule has 34 heavy (non-hydrogen) atoms. The molecule has 2 aromatic heterocycles. The van der Waals surface area contributed by atoms with Crippen LogP contribution in [0, 0.1) is 5.82 Å². The first-order valence-corrected chi connectivity index (χ1v) is 11.4. The lowest BCUT2D eigenvalue weighted by atomic mass is 9.91. The monoisotopic (exact) mass is 508 g/mol. The number of aromatic nitrogens is 3. The van der Waals surface area contributed by atoms with Crippen molar-refractivity contribution < 1.29 is 22.7 Å². The molecule has 0 bridgehead atoms. The number of thiazole rings is 1. The zero-order valence-electron chi connectivity index (χ0n) is 17.3. The van der Waals surface area contributed by atoms with Gasteiger partial charge in [0.2, 0.25) is 0 Å². The molecule has 1 N–H and O–H groups in total. The molecule has 1 aromatic carbocycles. The fourth-order valence-electron chi connectivity index (χ4n) is 3.89.